The molecule has 0 saturated carbocycles. The number of carbonyl (C=O) groups excluding carboxylic acids is 1. The highest BCUT2D eigenvalue weighted by Gasteiger charge is 2.21. The van der Waals surface area contributed by atoms with Crippen molar-refractivity contribution in [2.24, 2.45) is 5.73 Å². The van der Waals surface area contributed by atoms with Crippen LogP contribution in [0.5, 0.6) is 0 Å². The first-order chi connectivity index (χ1) is 10.1. The average Bonchev–Trinajstić information content (AvgIpc) is 2.91. The standard InChI is InChI=1S/C13H16BrN5O2/c14-9-3-1-4-10(7-9)16-12(13(15)21)11-8-19(18-17-11)5-2-6-20/h1,3-4,7-8,12,16,20H,2,5-6H2,(H2,15,21). The van der Waals surface area contributed by atoms with Gasteiger partial charge in [-0.3, -0.25) is 9.48 Å². The number of hydrogen-bond acceptors (Lipinski definition) is 5. The number of anilines is 1. The number of aromatic nitrogens is 3. The van der Waals surface area contributed by atoms with E-state index in [1.165, 1.54) is 0 Å². The summed E-state index contributed by atoms with van der Waals surface area (Å²) in [6, 6.07) is 6.64. The molecule has 0 bridgehead atoms. The summed E-state index contributed by atoms with van der Waals surface area (Å²) >= 11 is 3.37. The van der Waals surface area contributed by atoms with Crippen LogP contribution in [-0.2, 0) is 11.3 Å². The maximum absolute atomic E-state index is 11.6. The molecule has 1 amide bonds. The first kappa shape index (κ1) is 15.5. The third-order valence-electron chi connectivity index (χ3n) is 2.82. The zero-order valence-electron chi connectivity index (χ0n) is 11.2. The van der Waals surface area contributed by atoms with Gasteiger partial charge >= 0.3 is 0 Å². The highest BCUT2D eigenvalue weighted by Crippen LogP contribution is 2.21. The van der Waals surface area contributed by atoms with Crippen LogP contribution in [0.4, 0.5) is 5.69 Å². The predicted octanol–water partition coefficient (Wildman–Crippen LogP) is 1.06. The summed E-state index contributed by atoms with van der Waals surface area (Å²) in [5.41, 5.74) is 6.63. The van der Waals surface area contributed by atoms with Gasteiger partial charge < -0.3 is 16.2 Å². The van der Waals surface area contributed by atoms with Gasteiger partial charge in [-0.05, 0) is 24.6 Å². The third-order valence-corrected chi connectivity index (χ3v) is 3.31. The molecule has 2 rings (SSSR count). The third kappa shape index (κ3) is 4.27. The van der Waals surface area contributed by atoms with Gasteiger partial charge in [-0.15, -0.1) is 5.10 Å². The summed E-state index contributed by atoms with van der Waals surface area (Å²) in [5.74, 6) is -0.538. The Morgan fingerprint density at radius 1 is 1.52 bits per heavy atom. The van der Waals surface area contributed by atoms with E-state index in [1.807, 2.05) is 24.3 Å². The number of aryl methyl sites for hydroxylation is 1. The molecule has 1 heterocycles. The van der Waals surface area contributed by atoms with Gasteiger partial charge in [0, 0.05) is 23.3 Å². The number of hydrogen-bond donors (Lipinski definition) is 3. The lowest BCUT2D eigenvalue weighted by atomic mass is 10.2. The molecule has 0 fully saturated rings. The SMILES string of the molecule is NC(=O)C(Nc1cccc(Br)c1)c1cn(CCCO)nn1. The summed E-state index contributed by atoms with van der Waals surface area (Å²) in [5, 5.41) is 19.7. The number of carbonyl (C=O) groups is 1. The fourth-order valence-corrected chi connectivity index (χ4v) is 2.22. The van der Waals surface area contributed by atoms with E-state index in [0.29, 0.717) is 18.7 Å². The van der Waals surface area contributed by atoms with E-state index >= 15 is 0 Å². The Hall–Kier alpha value is -1.93. The minimum absolute atomic E-state index is 0.0741. The highest BCUT2D eigenvalue weighted by molar-refractivity contribution is 9.10. The number of halogens is 1. The van der Waals surface area contributed by atoms with E-state index in [-0.39, 0.29) is 6.61 Å². The monoisotopic (exact) mass is 353 g/mol. The lowest BCUT2D eigenvalue weighted by Gasteiger charge is -2.14. The minimum Gasteiger partial charge on any atom is -0.396 e. The van der Waals surface area contributed by atoms with Gasteiger partial charge in [0.05, 0.1) is 6.20 Å². The Bertz CT molecular complexity index is 616. The van der Waals surface area contributed by atoms with E-state index in [1.54, 1.807) is 10.9 Å². The predicted molar refractivity (Wildman–Crippen MR) is 81.4 cm³/mol. The Morgan fingerprint density at radius 2 is 2.33 bits per heavy atom. The van der Waals surface area contributed by atoms with Gasteiger partial charge in [-0.1, -0.05) is 27.2 Å². The second kappa shape index (κ2) is 7.19. The summed E-state index contributed by atoms with van der Waals surface area (Å²) in [7, 11) is 0. The Balaban J connectivity index is 2.15. The molecular weight excluding hydrogens is 338 g/mol. The molecule has 7 nitrogen and oxygen atoms in total. The molecule has 1 aromatic heterocycles. The molecule has 0 radical (unpaired) electrons. The number of nitrogens with zero attached hydrogens (tertiary/aromatic N) is 3. The van der Waals surface area contributed by atoms with Crippen molar-refractivity contribution in [2.75, 3.05) is 11.9 Å². The molecule has 0 saturated heterocycles. The molecule has 0 aliphatic carbocycles. The van der Waals surface area contributed by atoms with E-state index < -0.39 is 11.9 Å². The smallest absolute Gasteiger partial charge is 0.246 e. The molecule has 1 atom stereocenters. The number of benzene rings is 1. The summed E-state index contributed by atoms with van der Waals surface area (Å²) in [6.07, 6.45) is 2.22. The number of nitrogens with one attached hydrogen (secondary N) is 1. The van der Waals surface area contributed by atoms with Crippen molar-refractivity contribution in [1.29, 1.82) is 0 Å². The summed E-state index contributed by atoms with van der Waals surface area (Å²) < 4.78 is 2.46. The van der Waals surface area contributed by atoms with Crippen molar-refractivity contribution in [3.63, 3.8) is 0 Å². The van der Waals surface area contributed by atoms with Crippen molar-refractivity contribution in [2.45, 2.75) is 19.0 Å². The number of primary amides is 1. The van der Waals surface area contributed by atoms with Crippen molar-refractivity contribution in [3.8, 4) is 0 Å². The zero-order valence-corrected chi connectivity index (χ0v) is 12.8. The maximum atomic E-state index is 11.6. The molecule has 0 aliphatic heterocycles. The molecule has 4 N–H and O–H groups in total. The van der Waals surface area contributed by atoms with Gasteiger partial charge in [-0.2, -0.15) is 0 Å². The molecule has 112 valence electrons. The minimum atomic E-state index is -0.762. The van der Waals surface area contributed by atoms with Crippen LogP contribution >= 0.6 is 15.9 Å². The highest BCUT2D eigenvalue weighted by atomic mass is 79.9. The normalized spacial score (nSPS) is 12.1. The molecule has 21 heavy (non-hydrogen) atoms. The Labute approximate surface area is 130 Å². The van der Waals surface area contributed by atoms with Crippen LogP contribution in [0.3, 0.4) is 0 Å². The number of aliphatic hydroxyl groups is 1. The molecule has 1 unspecified atom stereocenters. The van der Waals surface area contributed by atoms with Gasteiger partial charge in [0.25, 0.3) is 0 Å². The van der Waals surface area contributed by atoms with E-state index in [0.717, 1.165) is 10.2 Å². The van der Waals surface area contributed by atoms with Crippen LogP contribution in [0.25, 0.3) is 0 Å². The van der Waals surface area contributed by atoms with Crippen LogP contribution < -0.4 is 11.1 Å². The molecule has 1 aromatic carbocycles. The van der Waals surface area contributed by atoms with Gasteiger partial charge in [0.15, 0.2) is 6.04 Å². The average molecular weight is 354 g/mol. The van der Waals surface area contributed by atoms with E-state index in [2.05, 4.69) is 31.6 Å². The lowest BCUT2D eigenvalue weighted by molar-refractivity contribution is -0.118. The van der Waals surface area contributed by atoms with Crippen molar-refractivity contribution in [1.82, 2.24) is 15.0 Å². The fourth-order valence-electron chi connectivity index (χ4n) is 1.82. The second-order valence-electron chi connectivity index (χ2n) is 4.47. The van der Waals surface area contributed by atoms with Crippen molar-refractivity contribution in [3.05, 3.63) is 40.6 Å². The lowest BCUT2D eigenvalue weighted by Crippen LogP contribution is -2.28. The summed E-state index contributed by atoms with van der Waals surface area (Å²) in [4.78, 5) is 11.6. The maximum Gasteiger partial charge on any atom is 0.246 e. The van der Waals surface area contributed by atoms with Crippen LogP contribution in [-0.4, -0.2) is 32.6 Å². The number of amides is 1. The first-order valence-electron chi connectivity index (χ1n) is 6.42. The molecular formula is C13H16BrN5O2. The van der Waals surface area contributed by atoms with E-state index in [9.17, 15) is 4.79 Å². The summed E-state index contributed by atoms with van der Waals surface area (Å²) in [6.45, 7) is 0.608. The fraction of sp³-hybridized carbons (Fsp3) is 0.308. The Morgan fingerprint density at radius 3 is 3.00 bits per heavy atom. The van der Waals surface area contributed by atoms with Gasteiger partial charge in [0.2, 0.25) is 5.91 Å². The van der Waals surface area contributed by atoms with Crippen LogP contribution in [0.1, 0.15) is 18.2 Å². The number of nitrogens with two attached hydrogens (primary N) is 1. The van der Waals surface area contributed by atoms with Gasteiger partial charge in [-0.25, -0.2) is 0 Å². The van der Waals surface area contributed by atoms with Crippen molar-refractivity contribution < 1.29 is 9.90 Å². The van der Waals surface area contributed by atoms with Crippen LogP contribution in [0, 0.1) is 0 Å². The van der Waals surface area contributed by atoms with Crippen LogP contribution in [0.2, 0.25) is 0 Å². The zero-order chi connectivity index (χ0) is 15.2. The molecule has 0 spiro atoms. The van der Waals surface area contributed by atoms with E-state index in [4.69, 9.17) is 10.8 Å². The number of aliphatic hydroxyl groups excluding tert-OH is 1. The van der Waals surface area contributed by atoms with Crippen molar-refractivity contribution >= 4 is 27.5 Å². The van der Waals surface area contributed by atoms with Crippen LogP contribution in [0.15, 0.2) is 34.9 Å². The molecule has 2 aromatic rings. The number of rotatable bonds is 7. The van der Waals surface area contributed by atoms with Gasteiger partial charge in [0.1, 0.15) is 5.69 Å². The Kier molecular flexibility index (Phi) is 5.29. The quantitative estimate of drug-likeness (QED) is 0.690. The first-order valence-corrected chi connectivity index (χ1v) is 7.22. The topological polar surface area (TPSA) is 106 Å². The molecule has 0 aliphatic rings. The largest absolute Gasteiger partial charge is 0.396 e. The second-order valence-corrected chi connectivity index (χ2v) is 5.39. The molecule has 8 heteroatoms.